The number of halogens is 1. The van der Waals surface area contributed by atoms with Crippen molar-refractivity contribution in [3.63, 3.8) is 0 Å². The normalized spacial score (nSPS) is 10.1. The fourth-order valence-electron chi connectivity index (χ4n) is 1.87. The highest BCUT2D eigenvalue weighted by atomic mass is 79.9. The molecule has 2 aromatic rings. The second kappa shape index (κ2) is 6.99. The number of carbonyl (C=O) groups excluding carboxylic acids is 1. The lowest BCUT2D eigenvalue weighted by molar-refractivity contribution is -0.384. The summed E-state index contributed by atoms with van der Waals surface area (Å²) in [7, 11) is 0. The van der Waals surface area contributed by atoms with Gasteiger partial charge < -0.3 is 5.32 Å². The van der Waals surface area contributed by atoms with Crippen molar-refractivity contribution < 1.29 is 9.72 Å². The number of non-ortho nitro benzene ring substituents is 1. The summed E-state index contributed by atoms with van der Waals surface area (Å²) in [4.78, 5) is 22.1. The zero-order valence-corrected chi connectivity index (χ0v) is 12.7. The van der Waals surface area contributed by atoms with Crippen LogP contribution in [0.4, 0.5) is 11.4 Å². The Kier molecular flexibility index (Phi) is 5.05. The van der Waals surface area contributed by atoms with Crippen molar-refractivity contribution in [3.05, 3.63) is 68.7 Å². The van der Waals surface area contributed by atoms with Crippen LogP contribution in [0.25, 0.3) is 0 Å². The van der Waals surface area contributed by atoms with Crippen LogP contribution in [-0.4, -0.2) is 10.8 Å². The van der Waals surface area contributed by atoms with E-state index in [1.807, 2.05) is 24.3 Å². The minimum absolute atomic E-state index is 0.0430. The molecule has 108 valence electrons. The Balaban J connectivity index is 1.95. The van der Waals surface area contributed by atoms with Crippen molar-refractivity contribution in [1.82, 2.24) is 0 Å². The van der Waals surface area contributed by atoms with E-state index in [0.29, 0.717) is 18.5 Å². The van der Waals surface area contributed by atoms with Crippen molar-refractivity contribution in [2.75, 3.05) is 5.32 Å². The number of carbonyl (C=O) groups is 1. The number of anilines is 1. The second-order valence-electron chi connectivity index (χ2n) is 4.45. The molecule has 2 aromatic carbocycles. The van der Waals surface area contributed by atoms with E-state index in [0.717, 1.165) is 10.0 Å². The molecule has 0 atom stereocenters. The number of hydrogen-bond donors (Lipinski definition) is 1. The molecule has 0 aromatic heterocycles. The molecule has 0 saturated heterocycles. The van der Waals surface area contributed by atoms with Gasteiger partial charge in [0, 0.05) is 28.7 Å². The molecular formula is C15H13BrN2O3. The monoisotopic (exact) mass is 348 g/mol. The molecule has 5 nitrogen and oxygen atoms in total. The van der Waals surface area contributed by atoms with Gasteiger partial charge in [-0.3, -0.25) is 14.9 Å². The van der Waals surface area contributed by atoms with E-state index in [9.17, 15) is 14.9 Å². The molecule has 0 radical (unpaired) electrons. The lowest BCUT2D eigenvalue weighted by Crippen LogP contribution is -2.12. The first kappa shape index (κ1) is 15.2. The fraction of sp³-hybridized carbons (Fsp3) is 0.133. The number of benzene rings is 2. The van der Waals surface area contributed by atoms with E-state index in [4.69, 9.17) is 0 Å². The largest absolute Gasteiger partial charge is 0.326 e. The van der Waals surface area contributed by atoms with Crippen LogP contribution >= 0.6 is 15.9 Å². The second-order valence-corrected chi connectivity index (χ2v) is 5.30. The van der Waals surface area contributed by atoms with Crippen molar-refractivity contribution in [2.24, 2.45) is 0 Å². The van der Waals surface area contributed by atoms with Crippen LogP contribution in [-0.2, 0) is 11.2 Å². The van der Waals surface area contributed by atoms with Crippen molar-refractivity contribution in [2.45, 2.75) is 12.8 Å². The first-order valence-electron chi connectivity index (χ1n) is 6.34. The molecule has 2 rings (SSSR count). The molecule has 1 N–H and O–H groups in total. The number of aryl methyl sites for hydroxylation is 1. The Bertz CT molecular complexity index is 673. The minimum Gasteiger partial charge on any atom is -0.326 e. The highest BCUT2D eigenvalue weighted by molar-refractivity contribution is 9.10. The zero-order valence-electron chi connectivity index (χ0n) is 11.1. The summed E-state index contributed by atoms with van der Waals surface area (Å²) in [5.74, 6) is -0.175. The number of nitro groups is 1. The van der Waals surface area contributed by atoms with Gasteiger partial charge in [-0.25, -0.2) is 0 Å². The Morgan fingerprint density at radius 3 is 2.67 bits per heavy atom. The highest BCUT2D eigenvalue weighted by Crippen LogP contribution is 2.19. The molecule has 1 amide bonds. The predicted molar refractivity (Wildman–Crippen MR) is 84.2 cm³/mol. The summed E-state index contributed by atoms with van der Waals surface area (Å²) in [6, 6.07) is 13.6. The number of rotatable bonds is 5. The van der Waals surface area contributed by atoms with Crippen LogP contribution in [0.15, 0.2) is 53.0 Å². The molecular weight excluding hydrogens is 336 g/mol. The maximum absolute atomic E-state index is 11.9. The number of nitrogens with zero attached hydrogens (tertiary/aromatic N) is 1. The number of amides is 1. The van der Waals surface area contributed by atoms with E-state index in [1.54, 1.807) is 12.1 Å². The van der Waals surface area contributed by atoms with Gasteiger partial charge >= 0.3 is 0 Å². The van der Waals surface area contributed by atoms with Gasteiger partial charge in [-0.15, -0.1) is 0 Å². The average molecular weight is 349 g/mol. The summed E-state index contributed by atoms with van der Waals surface area (Å²) in [5.41, 5.74) is 1.44. The van der Waals surface area contributed by atoms with Crippen molar-refractivity contribution in [3.8, 4) is 0 Å². The van der Waals surface area contributed by atoms with Gasteiger partial charge in [-0.1, -0.05) is 40.2 Å². The first-order chi connectivity index (χ1) is 10.1. The van der Waals surface area contributed by atoms with Crippen LogP contribution in [0.5, 0.6) is 0 Å². The smallest absolute Gasteiger partial charge is 0.271 e. The van der Waals surface area contributed by atoms with E-state index >= 15 is 0 Å². The van der Waals surface area contributed by atoms with E-state index < -0.39 is 4.92 Å². The van der Waals surface area contributed by atoms with Crippen LogP contribution < -0.4 is 5.32 Å². The highest BCUT2D eigenvalue weighted by Gasteiger charge is 2.09. The Labute approximate surface area is 130 Å². The molecule has 0 aliphatic heterocycles. The van der Waals surface area contributed by atoms with Crippen molar-refractivity contribution in [1.29, 1.82) is 0 Å². The van der Waals surface area contributed by atoms with Gasteiger partial charge in [0.15, 0.2) is 0 Å². The van der Waals surface area contributed by atoms with Gasteiger partial charge in [-0.05, 0) is 24.1 Å². The molecule has 0 fully saturated rings. The molecule has 0 unspecified atom stereocenters. The summed E-state index contributed by atoms with van der Waals surface area (Å²) >= 11 is 3.43. The lowest BCUT2D eigenvalue weighted by atomic mass is 10.1. The summed E-state index contributed by atoms with van der Waals surface area (Å²) in [6.45, 7) is 0. The standard InChI is InChI=1S/C15H13BrN2O3/c16-14-7-2-1-4-11(14)8-9-15(19)17-12-5-3-6-13(10-12)18(20)21/h1-7,10H,8-9H2,(H,17,19). The van der Waals surface area contributed by atoms with Gasteiger partial charge in [0.25, 0.3) is 5.69 Å². The van der Waals surface area contributed by atoms with Gasteiger partial charge in [0.1, 0.15) is 0 Å². The van der Waals surface area contributed by atoms with Crippen LogP contribution in [0.1, 0.15) is 12.0 Å². The molecule has 0 saturated carbocycles. The van der Waals surface area contributed by atoms with Crippen LogP contribution in [0, 0.1) is 10.1 Å². The quantitative estimate of drug-likeness (QED) is 0.657. The predicted octanol–water partition coefficient (Wildman–Crippen LogP) is 3.93. The maximum atomic E-state index is 11.9. The van der Waals surface area contributed by atoms with E-state index in [-0.39, 0.29) is 11.6 Å². The molecule has 0 aliphatic carbocycles. The Morgan fingerprint density at radius 1 is 1.19 bits per heavy atom. The third-order valence-electron chi connectivity index (χ3n) is 2.92. The molecule has 21 heavy (non-hydrogen) atoms. The number of hydrogen-bond acceptors (Lipinski definition) is 3. The van der Waals surface area contributed by atoms with E-state index in [2.05, 4.69) is 21.2 Å². The molecule has 0 aliphatic rings. The summed E-state index contributed by atoms with van der Waals surface area (Å²) in [6.07, 6.45) is 0.910. The van der Waals surface area contributed by atoms with Crippen LogP contribution in [0.2, 0.25) is 0 Å². The van der Waals surface area contributed by atoms with Crippen molar-refractivity contribution >= 4 is 33.2 Å². The molecule has 0 bridgehead atoms. The lowest BCUT2D eigenvalue weighted by Gasteiger charge is -2.06. The van der Waals surface area contributed by atoms with Gasteiger partial charge in [0.2, 0.25) is 5.91 Å². The maximum Gasteiger partial charge on any atom is 0.271 e. The number of nitrogens with one attached hydrogen (secondary N) is 1. The zero-order chi connectivity index (χ0) is 15.2. The molecule has 0 spiro atoms. The topological polar surface area (TPSA) is 72.2 Å². The molecule has 0 heterocycles. The Morgan fingerprint density at radius 2 is 1.95 bits per heavy atom. The van der Waals surface area contributed by atoms with Crippen LogP contribution in [0.3, 0.4) is 0 Å². The van der Waals surface area contributed by atoms with E-state index in [1.165, 1.54) is 12.1 Å². The first-order valence-corrected chi connectivity index (χ1v) is 7.13. The summed E-state index contributed by atoms with van der Waals surface area (Å²) in [5, 5.41) is 13.3. The third-order valence-corrected chi connectivity index (χ3v) is 3.69. The third kappa shape index (κ3) is 4.39. The Hall–Kier alpha value is -2.21. The number of nitro benzene ring substituents is 1. The minimum atomic E-state index is -0.489. The van der Waals surface area contributed by atoms with Gasteiger partial charge in [0.05, 0.1) is 4.92 Å². The summed E-state index contributed by atoms with van der Waals surface area (Å²) < 4.78 is 0.966. The fourth-order valence-corrected chi connectivity index (χ4v) is 2.35. The molecule has 6 heteroatoms. The SMILES string of the molecule is O=C(CCc1ccccc1Br)Nc1cccc([N+](=O)[O-])c1. The average Bonchev–Trinajstić information content (AvgIpc) is 2.46. The van der Waals surface area contributed by atoms with Gasteiger partial charge in [-0.2, -0.15) is 0 Å².